The third kappa shape index (κ3) is 3.58. The minimum atomic E-state index is -1.03. The van der Waals surface area contributed by atoms with Crippen LogP contribution in [0.5, 0.6) is 0 Å². The highest BCUT2D eigenvalue weighted by Gasteiger charge is 2.25. The fraction of sp³-hybridized carbons (Fsp3) is 0.400. The number of anilines is 1. The van der Waals surface area contributed by atoms with Crippen molar-refractivity contribution in [3.05, 3.63) is 29.6 Å². The van der Waals surface area contributed by atoms with Crippen molar-refractivity contribution in [1.82, 2.24) is 10.2 Å². The fourth-order valence-electron chi connectivity index (χ4n) is 2.34. The van der Waals surface area contributed by atoms with Crippen molar-refractivity contribution in [3.63, 3.8) is 0 Å². The Morgan fingerprint density at radius 2 is 2.17 bits per heavy atom. The number of hydrogen-bond acceptors (Lipinski definition) is 3. The maximum absolute atomic E-state index is 14.0. The second-order valence-corrected chi connectivity index (χ2v) is 5.47. The number of hydrogen-bond donors (Lipinski definition) is 2. The van der Waals surface area contributed by atoms with Crippen LogP contribution in [0.1, 0.15) is 17.3 Å². The van der Waals surface area contributed by atoms with Gasteiger partial charge < -0.3 is 15.3 Å². The Kier molecular flexibility index (Phi) is 4.83. The highest BCUT2D eigenvalue weighted by Crippen LogP contribution is 2.21. The van der Waals surface area contributed by atoms with Crippen LogP contribution < -0.4 is 10.2 Å². The van der Waals surface area contributed by atoms with E-state index in [4.69, 9.17) is 5.11 Å². The molecule has 7 nitrogen and oxygen atoms in total. The molecule has 1 fully saturated rings. The van der Waals surface area contributed by atoms with E-state index in [1.54, 1.807) is 0 Å². The first-order chi connectivity index (χ1) is 10.8. The van der Waals surface area contributed by atoms with Crippen LogP contribution in [-0.4, -0.2) is 54.6 Å². The molecule has 8 heteroatoms. The summed E-state index contributed by atoms with van der Waals surface area (Å²) in [5.74, 6) is -3.14. The summed E-state index contributed by atoms with van der Waals surface area (Å²) in [6.07, 6.45) is 0. The Morgan fingerprint density at radius 3 is 2.74 bits per heavy atom. The van der Waals surface area contributed by atoms with Crippen LogP contribution in [-0.2, 0) is 4.79 Å². The first kappa shape index (κ1) is 16.7. The van der Waals surface area contributed by atoms with Gasteiger partial charge in [-0.1, -0.05) is 6.92 Å². The van der Waals surface area contributed by atoms with Crippen LogP contribution in [0.4, 0.5) is 14.9 Å². The molecule has 0 bridgehead atoms. The SMILES string of the molecule is C[C@@H](CN(C)C(=O)c1cc(N2CCNC2=O)ccc1F)C(=O)O. The van der Waals surface area contributed by atoms with Gasteiger partial charge in [-0.2, -0.15) is 0 Å². The smallest absolute Gasteiger partial charge is 0.321 e. The van der Waals surface area contributed by atoms with Gasteiger partial charge in [0.25, 0.3) is 5.91 Å². The summed E-state index contributed by atoms with van der Waals surface area (Å²) in [6.45, 7) is 2.34. The van der Waals surface area contributed by atoms with Crippen LogP contribution in [0.3, 0.4) is 0 Å². The molecule has 0 radical (unpaired) electrons. The molecule has 1 heterocycles. The number of urea groups is 1. The van der Waals surface area contributed by atoms with E-state index in [1.807, 2.05) is 0 Å². The zero-order valence-corrected chi connectivity index (χ0v) is 12.9. The largest absolute Gasteiger partial charge is 0.481 e. The molecule has 1 saturated heterocycles. The predicted octanol–water partition coefficient (Wildman–Crippen LogP) is 1.15. The minimum Gasteiger partial charge on any atom is -0.481 e. The molecule has 23 heavy (non-hydrogen) atoms. The number of rotatable bonds is 5. The number of amides is 3. The van der Waals surface area contributed by atoms with E-state index in [-0.39, 0.29) is 18.1 Å². The van der Waals surface area contributed by atoms with Crippen molar-refractivity contribution >= 4 is 23.6 Å². The van der Waals surface area contributed by atoms with Crippen LogP contribution in [0.2, 0.25) is 0 Å². The molecular weight excluding hydrogens is 305 g/mol. The lowest BCUT2D eigenvalue weighted by Crippen LogP contribution is -2.34. The summed E-state index contributed by atoms with van der Waals surface area (Å²) < 4.78 is 14.0. The Bertz CT molecular complexity index is 650. The van der Waals surface area contributed by atoms with E-state index in [1.165, 1.54) is 31.0 Å². The maximum Gasteiger partial charge on any atom is 0.321 e. The molecule has 1 aromatic carbocycles. The van der Waals surface area contributed by atoms with E-state index in [2.05, 4.69) is 5.32 Å². The molecule has 1 atom stereocenters. The van der Waals surface area contributed by atoms with Crippen molar-refractivity contribution in [2.24, 2.45) is 5.92 Å². The first-order valence-electron chi connectivity index (χ1n) is 7.14. The molecule has 124 valence electrons. The van der Waals surface area contributed by atoms with Crippen LogP contribution >= 0.6 is 0 Å². The molecule has 0 unspecified atom stereocenters. The molecule has 3 amide bonds. The minimum absolute atomic E-state index is 0.0396. The van der Waals surface area contributed by atoms with Gasteiger partial charge in [0.15, 0.2) is 0 Å². The van der Waals surface area contributed by atoms with E-state index in [0.29, 0.717) is 18.8 Å². The lowest BCUT2D eigenvalue weighted by atomic mass is 10.1. The Morgan fingerprint density at radius 1 is 1.48 bits per heavy atom. The molecule has 0 aromatic heterocycles. The van der Waals surface area contributed by atoms with E-state index >= 15 is 0 Å². The Labute approximate surface area is 132 Å². The number of carbonyl (C=O) groups excluding carboxylic acids is 2. The molecule has 1 aliphatic heterocycles. The average molecular weight is 323 g/mol. The quantitative estimate of drug-likeness (QED) is 0.850. The van der Waals surface area contributed by atoms with Gasteiger partial charge in [-0.15, -0.1) is 0 Å². The lowest BCUT2D eigenvalue weighted by molar-refractivity contribution is -0.141. The monoisotopic (exact) mass is 323 g/mol. The summed E-state index contributed by atoms with van der Waals surface area (Å²) in [6, 6.07) is 3.56. The van der Waals surface area contributed by atoms with Gasteiger partial charge in [-0.3, -0.25) is 14.5 Å². The number of carbonyl (C=O) groups is 3. The number of halogens is 1. The number of nitrogens with zero attached hydrogens (tertiary/aromatic N) is 2. The average Bonchev–Trinajstić information content (AvgIpc) is 2.93. The van der Waals surface area contributed by atoms with E-state index in [0.717, 1.165) is 11.0 Å². The molecule has 2 rings (SSSR count). The van der Waals surface area contributed by atoms with Crippen molar-refractivity contribution in [2.75, 3.05) is 31.6 Å². The maximum atomic E-state index is 14.0. The molecule has 0 saturated carbocycles. The summed E-state index contributed by atoms with van der Waals surface area (Å²) in [5.41, 5.74) is 0.228. The van der Waals surface area contributed by atoms with Gasteiger partial charge in [-0.25, -0.2) is 9.18 Å². The summed E-state index contributed by atoms with van der Waals surface area (Å²) in [4.78, 5) is 37.4. The highest BCUT2D eigenvalue weighted by atomic mass is 19.1. The highest BCUT2D eigenvalue weighted by molar-refractivity contribution is 5.98. The third-order valence-corrected chi connectivity index (χ3v) is 3.66. The predicted molar refractivity (Wildman–Crippen MR) is 80.9 cm³/mol. The molecule has 1 aliphatic rings. The molecule has 0 aliphatic carbocycles. The molecule has 1 aromatic rings. The second-order valence-electron chi connectivity index (χ2n) is 5.47. The Balaban J connectivity index is 2.22. The third-order valence-electron chi connectivity index (χ3n) is 3.66. The first-order valence-corrected chi connectivity index (χ1v) is 7.14. The zero-order valence-electron chi connectivity index (χ0n) is 12.9. The summed E-state index contributed by atoms with van der Waals surface area (Å²) in [5, 5.41) is 11.5. The number of carboxylic acid groups (broad SMARTS) is 1. The topological polar surface area (TPSA) is 90.0 Å². The number of aliphatic carboxylic acids is 1. The van der Waals surface area contributed by atoms with E-state index < -0.39 is 23.6 Å². The van der Waals surface area contributed by atoms with Gasteiger partial charge >= 0.3 is 12.0 Å². The zero-order chi connectivity index (χ0) is 17.1. The van der Waals surface area contributed by atoms with Crippen LogP contribution in [0, 0.1) is 11.7 Å². The second kappa shape index (κ2) is 6.64. The van der Waals surface area contributed by atoms with Crippen LogP contribution in [0.25, 0.3) is 0 Å². The van der Waals surface area contributed by atoms with Gasteiger partial charge in [0.2, 0.25) is 0 Å². The molecular formula is C15H18FN3O4. The van der Waals surface area contributed by atoms with Gasteiger partial charge in [0, 0.05) is 32.4 Å². The van der Waals surface area contributed by atoms with Crippen molar-refractivity contribution in [3.8, 4) is 0 Å². The van der Waals surface area contributed by atoms with Crippen molar-refractivity contribution in [1.29, 1.82) is 0 Å². The fourth-order valence-corrected chi connectivity index (χ4v) is 2.34. The number of carboxylic acids is 1. The van der Waals surface area contributed by atoms with Gasteiger partial charge in [0.05, 0.1) is 11.5 Å². The molecule has 2 N–H and O–H groups in total. The van der Waals surface area contributed by atoms with E-state index in [9.17, 15) is 18.8 Å². The number of nitrogens with one attached hydrogen (secondary N) is 1. The summed E-state index contributed by atoms with van der Waals surface area (Å²) >= 11 is 0. The van der Waals surface area contributed by atoms with Crippen molar-refractivity contribution < 1.29 is 23.9 Å². The lowest BCUT2D eigenvalue weighted by Gasteiger charge is -2.21. The number of benzene rings is 1. The molecule has 0 spiro atoms. The Hall–Kier alpha value is -2.64. The van der Waals surface area contributed by atoms with Gasteiger partial charge in [-0.05, 0) is 18.2 Å². The van der Waals surface area contributed by atoms with Gasteiger partial charge in [0.1, 0.15) is 5.82 Å². The standard InChI is InChI=1S/C15H18FN3O4/c1-9(14(21)22)8-18(2)13(20)11-7-10(3-4-12(11)16)19-6-5-17-15(19)23/h3-4,7,9H,5-6,8H2,1-2H3,(H,17,23)(H,21,22)/t9-/m0/s1. The summed E-state index contributed by atoms with van der Waals surface area (Å²) in [7, 11) is 1.41. The van der Waals surface area contributed by atoms with Crippen molar-refractivity contribution in [2.45, 2.75) is 6.92 Å². The van der Waals surface area contributed by atoms with Crippen LogP contribution in [0.15, 0.2) is 18.2 Å². The normalized spacial score (nSPS) is 15.3.